The largest absolute Gasteiger partial charge is 0.365 e. The fourth-order valence-electron chi connectivity index (χ4n) is 3.13. The summed E-state index contributed by atoms with van der Waals surface area (Å²) in [6, 6.07) is 19.5. The SMILES string of the molecule is c1ccc(CN2CCN(CCc3cnc[nH]3)Sc3ccccc32)cc1. The zero-order chi connectivity index (χ0) is 16.9. The van der Waals surface area contributed by atoms with Crippen LogP contribution in [0.5, 0.6) is 0 Å². The van der Waals surface area contributed by atoms with Crippen LogP contribution in [0.2, 0.25) is 0 Å². The molecule has 1 aliphatic rings. The van der Waals surface area contributed by atoms with E-state index in [-0.39, 0.29) is 0 Å². The van der Waals surface area contributed by atoms with Gasteiger partial charge in [-0.15, -0.1) is 0 Å². The summed E-state index contributed by atoms with van der Waals surface area (Å²) in [5.74, 6) is 0. The molecule has 0 aliphatic carbocycles. The van der Waals surface area contributed by atoms with Gasteiger partial charge in [0.1, 0.15) is 0 Å². The van der Waals surface area contributed by atoms with Crippen molar-refractivity contribution in [2.24, 2.45) is 0 Å². The van der Waals surface area contributed by atoms with E-state index in [2.05, 4.69) is 73.8 Å². The maximum atomic E-state index is 4.11. The van der Waals surface area contributed by atoms with Gasteiger partial charge in [0, 0.05) is 49.4 Å². The molecule has 0 saturated carbocycles. The molecule has 1 aromatic heterocycles. The van der Waals surface area contributed by atoms with Crippen molar-refractivity contribution in [2.75, 3.05) is 24.5 Å². The minimum absolute atomic E-state index is 0.951. The molecule has 0 atom stereocenters. The lowest BCUT2D eigenvalue weighted by Gasteiger charge is -2.24. The van der Waals surface area contributed by atoms with Crippen molar-refractivity contribution in [1.82, 2.24) is 14.3 Å². The number of hydrogen-bond donors (Lipinski definition) is 1. The first-order valence-corrected chi connectivity index (χ1v) is 9.44. The fourth-order valence-corrected chi connectivity index (χ4v) is 4.19. The van der Waals surface area contributed by atoms with E-state index < -0.39 is 0 Å². The Hall–Kier alpha value is -2.24. The van der Waals surface area contributed by atoms with Gasteiger partial charge in [0.25, 0.3) is 0 Å². The molecule has 0 saturated heterocycles. The average Bonchev–Trinajstić information content (AvgIpc) is 3.11. The quantitative estimate of drug-likeness (QED) is 0.706. The summed E-state index contributed by atoms with van der Waals surface area (Å²) < 4.78 is 2.46. The number of fused-ring (bicyclic) bond motifs is 1. The molecule has 0 unspecified atom stereocenters. The Morgan fingerprint density at radius 3 is 2.68 bits per heavy atom. The number of imidazole rings is 1. The van der Waals surface area contributed by atoms with Crippen LogP contribution in [0.3, 0.4) is 0 Å². The van der Waals surface area contributed by atoms with Crippen molar-refractivity contribution >= 4 is 17.6 Å². The predicted molar refractivity (Wildman–Crippen MR) is 104 cm³/mol. The lowest BCUT2D eigenvalue weighted by Crippen LogP contribution is -2.30. The molecule has 1 N–H and O–H groups in total. The third-order valence-corrected chi connectivity index (χ3v) is 5.62. The first kappa shape index (κ1) is 16.2. The van der Waals surface area contributed by atoms with Crippen molar-refractivity contribution < 1.29 is 0 Å². The molecule has 2 heterocycles. The molecule has 4 rings (SSSR count). The standard InChI is InChI=1S/C20H22N4S/c1-2-6-17(7-3-1)15-23-12-13-24(11-10-18-14-21-16-22-18)25-20-9-5-4-8-19(20)23/h1-9,14,16H,10-13,15H2,(H,21,22). The third-order valence-electron chi connectivity index (χ3n) is 4.45. The number of benzene rings is 2. The van der Waals surface area contributed by atoms with Crippen LogP contribution in [0.1, 0.15) is 11.3 Å². The number of aromatic amines is 1. The Kier molecular flexibility index (Phi) is 5.04. The molecule has 25 heavy (non-hydrogen) atoms. The normalized spacial score (nSPS) is 15.0. The minimum atomic E-state index is 0.951. The molecule has 3 aromatic rings. The van der Waals surface area contributed by atoms with Crippen LogP contribution in [-0.4, -0.2) is 33.9 Å². The number of hydrogen-bond acceptors (Lipinski definition) is 4. The summed E-state index contributed by atoms with van der Waals surface area (Å²) >= 11 is 1.87. The zero-order valence-electron chi connectivity index (χ0n) is 14.1. The van der Waals surface area contributed by atoms with Crippen molar-refractivity contribution in [3.8, 4) is 0 Å². The van der Waals surface area contributed by atoms with Crippen LogP contribution in [0.15, 0.2) is 72.0 Å². The average molecular weight is 350 g/mol. The van der Waals surface area contributed by atoms with Gasteiger partial charge in [-0.05, 0) is 29.6 Å². The lowest BCUT2D eigenvalue weighted by atomic mass is 10.2. The van der Waals surface area contributed by atoms with Gasteiger partial charge in [0.2, 0.25) is 0 Å². The third kappa shape index (κ3) is 4.06. The highest BCUT2D eigenvalue weighted by atomic mass is 32.2. The predicted octanol–water partition coefficient (Wildman–Crippen LogP) is 3.98. The Morgan fingerprint density at radius 2 is 1.84 bits per heavy atom. The van der Waals surface area contributed by atoms with Crippen molar-refractivity contribution in [3.05, 3.63) is 78.4 Å². The van der Waals surface area contributed by atoms with Crippen molar-refractivity contribution in [2.45, 2.75) is 17.9 Å². The highest BCUT2D eigenvalue weighted by Crippen LogP contribution is 2.35. The molecule has 5 heteroatoms. The van der Waals surface area contributed by atoms with Crippen LogP contribution in [0.4, 0.5) is 5.69 Å². The molecule has 0 radical (unpaired) electrons. The summed E-state index contributed by atoms with van der Waals surface area (Å²) in [6.45, 7) is 4.04. The van der Waals surface area contributed by atoms with Gasteiger partial charge in [-0.2, -0.15) is 0 Å². The van der Waals surface area contributed by atoms with Crippen molar-refractivity contribution in [1.29, 1.82) is 0 Å². The van der Waals surface area contributed by atoms with Gasteiger partial charge >= 0.3 is 0 Å². The molecule has 0 fully saturated rings. The lowest BCUT2D eigenvalue weighted by molar-refractivity contribution is 0.478. The van der Waals surface area contributed by atoms with Crippen LogP contribution in [-0.2, 0) is 13.0 Å². The second-order valence-corrected chi connectivity index (χ2v) is 7.36. The van der Waals surface area contributed by atoms with Crippen LogP contribution in [0, 0.1) is 0 Å². The monoisotopic (exact) mass is 350 g/mol. The molecule has 2 aromatic carbocycles. The number of rotatable bonds is 5. The summed E-state index contributed by atoms with van der Waals surface area (Å²) in [6.07, 6.45) is 4.66. The van der Waals surface area contributed by atoms with Gasteiger partial charge in [-0.25, -0.2) is 9.29 Å². The molecule has 4 nitrogen and oxygen atoms in total. The van der Waals surface area contributed by atoms with Gasteiger partial charge in [-0.1, -0.05) is 42.5 Å². The molecule has 0 spiro atoms. The van der Waals surface area contributed by atoms with E-state index in [1.165, 1.54) is 21.8 Å². The molecule has 128 valence electrons. The Bertz CT molecular complexity index is 788. The first-order valence-electron chi connectivity index (χ1n) is 8.66. The number of aromatic nitrogens is 2. The van der Waals surface area contributed by atoms with E-state index in [1.807, 2.05) is 18.1 Å². The summed E-state index contributed by atoms with van der Waals surface area (Å²) in [5.41, 5.74) is 3.88. The molecular weight excluding hydrogens is 328 g/mol. The van der Waals surface area contributed by atoms with E-state index in [0.717, 1.165) is 32.6 Å². The Balaban J connectivity index is 1.49. The molecule has 0 bridgehead atoms. The van der Waals surface area contributed by atoms with E-state index >= 15 is 0 Å². The first-order chi connectivity index (χ1) is 12.4. The van der Waals surface area contributed by atoms with Gasteiger partial charge in [0.15, 0.2) is 0 Å². The number of H-pyrrole nitrogens is 1. The number of nitrogens with zero attached hydrogens (tertiary/aromatic N) is 3. The fraction of sp³-hybridized carbons (Fsp3) is 0.250. The number of anilines is 1. The van der Waals surface area contributed by atoms with Crippen LogP contribution >= 0.6 is 11.9 Å². The van der Waals surface area contributed by atoms with Crippen molar-refractivity contribution in [3.63, 3.8) is 0 Å². The molecular formula is C20H22N4S. The second kappa shape index (κ2) is 7.76. The van der Waals surface area contributed by atoms with Crippen LogP contribution < -0.4 is 4.90 Å². The highest BCUT2D eigenvalue weighted by Gasteiger charge is 2.20. The Morgan fingerprint density at radius 1 is 1.00 bits per heavy atom. The van der Waals surface area contributed by atoms with Gasteiger partial charge < -0.3 is 9.88 Å². The van der Waals surface area contributed by atoms with E-state index in [4.69, 9.17) is 0 Å². The summed E-state index contributed by atoms with van der Waals surface area (Å²) in [7, 11) is 0. The van der Waals surface area contributed by atoms with E-state index in [9.17, 15) is 0 Å². The number of para-hydroxylation sites is 1. The summed E-state index contributed by atoms with van der Waals surface area (Å²) in [4.78, 5) is 11.1. The maximum Gasteiger partial charge on any atom is 0.0921 e. The molecule has 1 aliphatic heterocycles. The summed E-state index contributed by atoms with van der Waals surface area (Å²) in [5, 5.41) is 0. The van der Waals surface area contributed by atoms with Gasteiger partial charge in [0.05, 0.1) is 12.0 Å². The second-order valence-electron chi connectivity index (χ2n) is 6.22. The maximum absolute atomic E-state index is 4.11. The van der Waals surface area contributed by atoms with Crippen LogP contribution in [0.25, 0.3) is 0 Å². The topological polar surface area (TPSA) is 35.2 Å². The highest BCUT2D eigenvalue weighted by molar-refractivity contribution is 7.97. The van der Waals surface area contributed by atoms with Gasteiger partial charge in [-0.3, -0.25) is 0 Å². The minimum Gasteiger partial charge on any atom is -0.365 e. The van der Waals surface area contributed by atoms with E-state index in [0.29, 0.717) is 0 Å². The molecule has 0 amide bonds. The smallest absolute Gasteiger partial charge is 0.0921 e. The van der Waals surface area contributed by atoms with E-state index in [1.54, 1.807) is 6.33 Å². The number of nitrogens with one attached hydrogen (secondary N) is 1. The Labute approximate surface area is 153 Å². The zero-order valence-corrected chi connectivity index (χ0v) is 15.0.